The molecule has 1 atom stereocenters. The van der Waals surface area contributed by atoms with Crippen molar-refractivity contribution in [3.8, 4) is 0 Å². The molecular formula is C10H20N2O. The van der Waals surface area contributed by atoms with Crippen molar-refractivity contribution in [1.29, 1.82) is 0 Å². The van der Waals surface area contributed by atoms with Crippen LogP contribution in [0.5, 0.6) is 0 Å². The van der Waals surface area contributed by atoms with Crippen molar-refractivity contribution in [2.24, 2.45) is 5.84 Å². The predicted molar refractivity (Wildman–Crippen MR) is 54.1 cm³/mol. The first kappa shape index (κ1) is 10.7. The van der Waals surface area contributed by atoms with Crippen molar-refractivity contribution >= 4 is 0 Å². The summed E-state index contributed by atoms with van der Waals surface area (Å²) in [5.41, 5.74) is 3.75. The second kappa shape index (κ2) is 4.22. The molecule has 0 aromatic rings. The minimum absolute atomic E-state index is 0.0833. The van der Waals surface area contributed by atoms with Gasteiger partial charge in [-0.25, -0.2) is 0 Å². The van der Waals surface area contributed by atoms with E-state index in [2.05, 4.69) is 12.0 Å². The summed E-state index contributed by atoms with van der Waals surface area (Å²) < 4.78 is 5.61. The average molecular weight is 184 g/mol. The maximum absolute atomic E-state index is 5.61. The van der Waals surface area contributed by atoms with Gasteiger partial charge in [0.1, 0.15) is 0 Å². The van der Waals surface area contributed by atoms with E-state index in [1.807, 2.05) is 6.92 Å². The number of hydrazine groups is 1. The molecule has 0 heterocycles. The van der Waals surface area contributed by atoms with E-state index in [0.29, 0.717) is 0 Å². The number of hydrogen-bond donors (Lipinski definition) is 2. The predicted octanol–water partition coefficient (Wildman–Crippen LogP) is 1.35. The summed E-state index contributed by atoms with van der Waals surface area (Å²) in [4.78, 5) is 0. The van der Waals surface area contributed by atoms with Crippen LogP contribution in [0.15, 0.2) is 12.2 Å². The van der Waals surface area contributed by atoms with Crippen LogP contribution in [0, 0.1) is 0 Å². The first-order valence-corrected chi connectivity index (χ1v) is 4.83. The third kappa shape index (κ3) is 1.93. The molecule has 0 aromatic heterocycles. The third-order valence-corrected chi connectivity index (χ3v) is 3.04. The SMILES string of the molecule is C=C(C)C(NN)C1(OC)CCCC1. The van der Waals surface area contributed by atoms with Crippen LogP contribution >= 0.6 is 0 Å². The van der Waals surface area contributed by atoms with Gasteiger partial charge in [0.25, 0.3) is 0 Å². The van der Waals surface area contributed by atoms with Gasteiger partial charge in [-0.15, -0.1) is 0 Å². The van der Waals surface area contributed by atoms with Gasteiger partial charge in [-0.3, -0.25) is 11.3 Å². The minimum atomic E-state index is -0.111. The van der Waals surface area contributed by atoms with Crippen LogP contribution in [0.3, 0.4) is 0 Å². The number of rotatable bonds is 4. The Balaban J connectivity index is 2.78. The molecule has 0 amide bonds. The summed E-state index contributed by atoms with van der Waals surface area (Å²) in [5, 5.41) is 0. The van der Waals surface area contributed by atoms with Crippen LogP contribution in [0.1, 0.15) is 32.6 Å². The minimum Gasteiger partial charge on any atom is -0.376 e. The Morgan fingerprint density at radius 1 is 1.54 bits per heavy atom. The molecule has 3 heteroatoms. The lowest BCUT2D eigenvalue weighted by molar-refractivity contribution is -0.0258. The fourth-order valence-corrected chi connectivity index (χ4v) is 2.33. The van der Waals surface area contributed by atoms with Crippen molar-refractivity contribution in [2.45, 2.75) is 44.2 Å². The van der Waals surface area contributed by atoms with E-state index in [1.165, 1.54) is 12.8 Å². The Kier molecular flexibility index (Phi) is 3.47. The number of methoxy groups -OCH3 is 1. The van der Waals surface area contributed by atoms with E-state index < -0.39 is 0 Å². The molecule has 0 aromatic carbocycles. The molecule has 0 radical (unpaired) electrons. The fourth-order valence-electron chi connectivity index (χ4n) is 2.33. The van der Waals surface area contributed by atoms with Gasteiger partial charge in [-0.1, -0.05) is 25.0 Å². The van der Waals surface area contributed by atoms with Crippen molar-refractivity contribution < 1.29 is 4.74 Å². The number of nitrogens with one attached hydrogen (secondary N) is 1. The molecule has 1 aliphatic rings. The van der Waals surface area contributed by atoms with Gasteiger partial charge >= 0.3 is 0 Å². The Bertz CT molecular complexity index is 185. The number of ether oxygens (including phenoxy) is 1. The van der Waals surface area contributed by atoms with Crippen molar-refractivity contribution in [3.63, 3.8) is 0 Å². The normalized spacial score (nSPS) is 23.0. The summed E-state index contributed by atoms with van der Waals surface area (Å²) in [7, 11) is 1.76. The molecule has 0 aliphatic heterocycles. The molecule has 0 spiro atoms. The smallest absolute Gasteiger partial charge is 0.0882 e. The van der Waals surface area contributed by atoms with E-state index in [9.17, 15) is 0 Å². The third-order valence-electron chi connectivity index (χ3n) is 3.04. The summed E-state index contributed by atoms with van der Waals surface area (Å²) in [6.07, 6.45) is 4.59. The average Bonchev–Trinajstić information content (AvgIpc) is 2.55. The van der Waals surface area contributed by atoms with Gasteiger partial charge in [0.15, 0.2) is 0 Å². The maximum atomic E-state index is 5.61. The first-order chi connectivity index (χ1) is 6.16. The highest BCUT2D eigenvalue weighted by atomic mass is 16.5. The zero-order chi connectivity index (χ0) is 9.90. The first-order valence-electron chi connectivity index (χ1n) is 4.83. The molecular weight excluding hydrogens is 164 g/mol. The van der Waals surface area contributed by atoms with Gasteiger partial charge in [0.2, 0.25) is 0 Å². The molecule has 3 nitrogen and oxygen atoms in total. The van der Waals surface area contributed by atoms with E-state index in [0.717, 1.165) is 18.4 Å². The van der Waals surface area contributed by atoms with Crippen molar-refractivity contribution in [2.75, 3.05) is 7.11 Å². The van der Waals surface area contributed by atoms with Gasteiger partial charge in [-0.05, 0) is 19.8 Å². The van der Waals surface area contributed by atoms with E-state index >= 15 is 0 Å². The summed E-state index contributed by atoms with van der Waals surface area (Å²) >= 11 is 0. The summed E-state index contributed by atoms with van der Waals surface area (Å²) in [6, 6.07) is 0.0833. The topological polar surface area (TPSA) is 47.3 Å². The highest BCUT2D eigenvalue weighted by molar-refractivity contribution is 5.12. The monoisotopic (exact) mass is 184 g/mol. The molecule has 0 bridgehead atoms. The molecule has 13 heavy (non-hydrogen) atoms. The van der Waals surface area contributed by atoms with E-state index in [-0.39, 0.29) is 11.6 Å². The van der Waals surface area contributed by atoms with Crippen LogP contribution in [0.25, 0.3) is 0 Å². The highest BCUT2D eigenvalue weighted by Crippen LogP contribution is 2.37. The van der Waals surface area contributed by atoms with Crippen LogP contribution in [0.2, 0.25) is 0 Å². The fraction of sp³-hybridized carbons (Fsp3) is 0.800. The van der Waals surface area contributed by atoms with Gasteiger partial charge in [0, 0.05) is 7.11 Å². The van der Waals surface area contributed by atoms with Gasteiger partial charge < -0.3 is 4.74 Å². The maximum Gasteiger partial charge on any atom is 0.0882 e. The highest BCUT2D eigenvalue weighted by Gasteiger charge is 2.41. The van der Waals surface area contributed by atoms with Crippen LogP contribution in [-0.2, 0) is 4.74 Å². The Morgan fingerprint density at radius 2 is 2.08 bits per heavy atom. The Hall–Kier alpha value is -0.380. The van der Waals surface area contributed by atoms with Crippen LogP contribution in [0.4, 0.5) is 0 Å². The number of hydrogen-bond acceptors (Lipinski definition) is 3. The molecule has 76 valence electrons. The van der Waals surface area contributed by atoms with E-state index in [1.54, 1.807) is 7.11 Å². The Morgan fingerprint density at radius 3 is 2.38 bits per heavy atom. The second-order valence-corrected chi connectivity index (χ2v) is 3.92. The number of nitrogens with two attached hydrogens (primary N) is 1. The molecule has 1 aliphatic carbocycles. The zero-order valence-electron chi connectivity index (χ0n) is 8.60. The lowest BCUT2D eigenvalue weighted by Gasteiger charge is -2.36. The lowest BCUT2D eigenvalue weighted by atomic mass is 9.88. The molecule has 0 saturated heterocycles. The largest absolute Gasteiger partial charge is 0.376 e. The molecule has 3 N–H and O–H groups in total. The second-order valence-electron chi connectivity index (χ2n) is 3.92. The molecule has 1 saturated carbocycles. The van der Waals surface area contributed by atoms with Crippen molar-refractivity contribution in [3.05, 3.63) is 12.2 Å². The molecule has 1 fully saturated rings. The van der Waals surface area contributed by atoms with Crippen LogP contribution < -0.4 is 11.3 Å². The quantitative estimate of drug-likeness (QED) is 0.394. The summed E-state index contributed by atoms with van der Waals surface area (Å²) in [5.74, 6) is 5.52. The standard InChI is InChI=1S/C10H20N2O/c1-8(2)9(12-11)10(13-3)6-4-5-7-10/h9,12H,1,4-7,11H2,2-3H3. The molecule has 1 rings (SSSR count). The Labute approximate surface area is 80.3 Å². The molecule has 1 unspecified atom stereocenters. The van der Waals surface area contributed by atoms with Gasteiger partial charge in [0.05, 0.1) is 11.6 Å². The van der Waals surface area contributed by atoms with Crippen LogP contribution in [-0.4, -0.2) is 18.8 Å². The zero-order valence-corrected chi connectivity index (χ0v) is 8.60. The van der Waals surface area contributed by atoms with Gasteiger partial charge in [-0.2, -0.15) is 0 Å². The summed E-state index contributed by atoms with van der Waals surface area (Å²) in [6.45, 7) is 5.93. The lowest BCUT2D eigenvalue weighted by Crippen LogP contribution is -2.53. The van der Waals surface area contributed by atoms with E-state index in [4.69, 9.17) is 10.6 Å². The van der Waals surface area contributed by atoms with Crippen molar-refractivity contribution in [1.82, 2.24) is 5.43 Å².